The Morgan fingerprint density at radius 3 is 2.00 bits per heavy atom. The molecule has 1 heterocycles. The number of aliphatic carboxylic acids is 1. The summed E-state index contributed by atoms with van der Waals surface area (Å²) in [6.07, 6.45) is 6.75. The third-order valence-corrected chi connectivity index (χ3v) is 3.75. The maximum atomic E-state index is 12.0. The van der Waals surface area contributed by atoms with Crippen molar-refractivity contribution in [2.45, 2.75) is 38.5 Å². The van der Waals surface area contributed by atoms with Gasteiger partial charge in [0.05, 0.1) is 5.92 Å². The highest BCUT2D eigenvalue weighted by molar-refractivity contribution is 5.82. The Kier molecular flexibility index (Phi) is 3.46. The second-order valence-electron chi connectivity index (χ2n) is 4.97. The van der Waals surface area contributed by atoms with Gasteiger partial charge in [-0.15, -0.1) is 0 Å². The first-order valence-electron chi connectivity index (χ1n) is 6.20. The predicted octanol–water partition coefficient (Wildman–Crippen LogP) is 1.50. The third kappa shape index (κ3) is 2.36. The van der Waals surface area contributed by atoms with E-state index in [0.717, 1.165) is 25.7 Å². The fraction of sp³-hybridized carbons (Fsp3) is 0.833. The largest absolute Gasteiger partial charge is 0.481 e. The first-order valence-corrected chi connectivity index (χ1v) is 6.20. The number of carbonyl (C=O) groups is 2. The number of rotatable bonds is 2. The summed E-state index contributed by atoms with van der Waals surface area (Å²) >= 11 is 0. The van der Waals surface area contributed by atoms with E-state index in [1.54, 1.807) is 4.90 Å². The molecule has 0 aromatic carbocycles. The van der Waals surface area contributed by atoms with Crippen LogP contribution in [-0.2, 0) is 9.59 Å². The second-order valence-corrected chi connectivity index (χ2v) is 4.97. The Balaban J connectivity index is 1.81. The van der Waals surface area contributed by atoms with Crippen molar-refractivity contribution in [2.24, 2.45) is 11.8 Å². The maximum Gasteiger partial charge on any atom is 0.310 e. The third-order valence-electron chi connectivity index (χ3n) is 3.75. The van der Waals surface area contributed by atoms with E-state index in [1.807, 2.05) is 0 Å². The SMILES string of the molecule is O=C(O)C1CN(C(=O)C2CCCCCC2)C1. The molecule has 1 N–H and O–H groups in total. The van der Waals surface area contributed by atoms with Crippen molar-refractivity contribution in [3.8, 4) is 0 Å². The molecular weight excluding hydrogens is 206 g/mol. The highest BCUT2D eigenvalue weighted by Crippen LogP contribution is 2.27. The fourth-order valence-electron chi connectivity index (χ4n) is 2.60. The van der Waals surface area contributed by atoms with Crippen LogP contribution in [0.15, 0.2) is 0 Å². The van der Waals surface area contributed by atoms with Gasteiger partial charge in [0, 0.05) is 19.0 Å². The van der Waals surface area contributed by atoms with Crippen LogP contribution in [0.4, 0.5) is 0 Å². The number of carboxylic acids is 1. The molecule has 0 atom stereocenters. The summed E-state index contributed by atoms with van der Waals surface area (Å²) in [6.45, 7) is 0.843. The Morgan fingerprint density at radius 2 is 1.50 bits per heavy atom. The van der Waals surface area contributed by atoms with E-state index in [4.69, 9.17) is 5.11 Å². The maximum absolute atomic E-state index is 12.0. The number of hydrogen-bond acceptors (Lipinski definition) is 2. The van der Waals surface area contributed by atoms with Crippen LogP contribution in [-0.4, -0.2) is 35.0 Å². The van der Waals surface area contributed by atoms with Gasteiger partial charge in [-0.05, 0) is 12.8 Å². The van der Waals surface area contributed by atoms with Gasteiger partial charge in [0.25, 0.3) is 0 Å². The molecule has 2 fully saturated rings. The molecule has 1 saturated heterocycles. The average molecular weight is 225 g/mol. The van der Waals surface area contributed by atoms with Crippen molar-refractivity contribution >= 4 is 11.9 Å². The molecule has 16 heavy (non-hydrogen) atoms. The molecule has 0 unspecified atom stereocenters. The summed E-state index contributed by atoms with van der Waals surface area (Å²) < 4.78 is 0. The number of likely N-dealkylation sites (tertiary alicyclic amines) is 1. The Hall–Kier alpha value is -1.06. The minimum Gasteiger partial charge on any atom is -0.481 e. The summed E-state index contributed by atoms with van der Waals surface area (Å²) in [5.41, 5.74) is 0. The zero-order valence-electron chi connectivity index (χ0n) is 9.52. The van der Waals surface area contributed by atoms with E-state index in [9.17, 15) is 9.59 Å². The summed E-state index contributed by atoms with van der Waals surface area (Å²) in [4.78, 5) is 24.4. The predicted molar refractivity (Wildman–Crippen MR) is 58.9 cm³/mol. The molecule has 2 aliphatic rings. The molecule has 0 spiro atoms. The number of hydrogen-bond donors (Lipinski definition) is 1. The number of nitrogens with zero attached hydrogens (tertiary/aromatic N) is 1. The minimum atomic E-state index is -0.773. The van der Waals surface area contributed by atoms with Gasteiger partial charge in [0.1, 0.15) is 0 Å². The Labute approximate surface area is 95.6 Å². The first-order chi connectivity index (χ1) is 7.68. The van der Waals surface area contributed by atoms with Crippen molar-refractivity contribution in [2.75, 3.05) is 13.1 Å². The second kappa shape index (κ2) is 4.85. The van der Waals surface area contributed by atoms with Crippen LogP contribution in [0.5, 0.6) is 0 Å². The van der Waals surface area contributed by atoms with E-state index < -0.39 is 5.97 Å². The molecule has 4 heteroatoms. The molecule has 1 amide bonds. The Morgan fingerprint density at radius 1 is 0.938 bits per heavy atom. The van der Waals surface area contributed by atoms with Crippen LogP contribution < -0.4 is 0 Å². The summed E-state index contributed by atoms with van der Waals surface area (Å²) in [5.74, 6) is -0.740. The summed E-state index contributed by atoms with van der Waals surface area (Å²) in [7, 11) is 0. The zero-order chi connectivity index (χ0) is 11.5. The van der Waals surface area contributed by atoms with Gasteiger partial charge in [-0.1, -0.05) is 25.7 Å². The van der Waals surface area contributed by atoms with Gasteiger partial charge < -0.3 is 10.0 Å². The fourth-order valence-corrected chi connectivity index (χ4v) is 2.60. The zero-order valence-corrected chi connectivity index (χ0v) is 9.52. The van der Waals surface area contributed by atoms with Crippen molar-refractivity contribution in [3.05, 3.63) is 0 Å². The average Bonchev–Trinajstić information content (AvgIpc) is 2.42. The molecule has 4 nitrogen and oxygen atoms in total. The van der Waals surface area contributed by atoms with Gasteiger partial charge in [-0.2, -0.15) is 0 Å². The van der Waals surface area contributed by atoms with Crippen molar-refractivity contribution in [3.63, 3.8) is 0 Å². The lowest BCUT2D eigenvalue weighted by molar-refractivity contribution is -0.154. The number of amides is 1. The molecular formula is C12H19NO3. The van der Waals surface area contributed by atoms with E-state index in [1.165, 1.54) is 12.8 Å². The van der Waals surface area contributed by atoms with Crippen LogP contribution in [0.25, 0.3) is 0 Å². The topological polar surface area (TPSA) is 57.6 Å². The molecule has 0 bridgehead atoms. The summed E-state index contributed by atoms with van der Waals surface area (Å²) in [5, 5.41) is 8.75. The quantitative estimate of drug-likeness (QED) is 0.724. The van der Waals surface area contributed by atoms with E-state index in [-0.39, 0.29) is 17.7 Å². The van der Waals surface area contributed by atoms with Crippen LogP contribution in [0, 0.1) is 11.8 Å². The summed E-state index contributed by atoms with van der Waals surface area (Å²) in [6, 6.07) is 0. The van der Waals surface area contributed by atoms with Gasteiger partial charge in [-0.25, -0.2) is 0 Å². The van der Waals surface area contributed by atoms with Crippen LogP contribution >= 0.6 is 0 Å². The highest BCUT2D eigenvalue weighted by Gasteiger charge is 2.37. The van der Waals surface area contributed by atoms with Gasteiger partial charge in [0.15, 0.2) is 0 Å². The van der Waals surface area contributed by atoms with Crippen molar-refractivity contribution in [1.82, 2.24) is 4.90 Å². The van der Waals surface area contributed by atoms with E-state index in [0.29, 0.717) is 13.1 Å². The smallest absolute Gasteiger partial charge is 0.310 e. The van der Waals surface area contributed by atoms with Gasteiger partial charge in [-0.3, -0.25) is 9.59 Å². The monoisotopic (exact) mass is 225 g/mol. The number of carboxylic acid groups (broad SMARTS) is 1. The standard InChI is InChI=1S/C12H19NO3/c14-11(9-5-3-1-2-4-6-9)13-7-10(8-13)12(15)16/h9-10H,1-8H2,(H,15,16). The van der Waals surface area contributed by atoms with Crippen LogP contribution in [0.1, 0.15) is 38.5 Å². The molecule has 0 aromatic rings. The lowest BCUT2D eigenvalue weighted by Crippen LogP contribution is -2.54. The Bertz CT molecular complexity index is 276. The molecule has 0 radical (unpaired) electrons. The van der Waals surface area contributed by atoms with Crippen LogP contribution in [0.3, 0.4) is 0 Å². The molecule has 2 rings (SSSR count). The van der Waals surface area contributed by atoms with E-state index in [2.05, 4.69) is 0 Å². The lowest BCUT2D eigenvalue weighted by atomic mass is 9.93. The molecule has 1 aliphatic heterocycles. The molecule has 1 aliphatic carbocycles. The van der Waals surface area contributed by atoms with E-state index >= 15 is 0 Å². The number of carbonyl (C=O) groups excluding carboxylic acids is 1. The minimum absolute atomic E-state index is 0.164. The van der Waals surface area contributed by atoms with Crippen molar-refractivity contribution < 1.29 is 14.7 Å². The normalized spacial score (nSPS) is 23.6. The molecule has 90 valence electrons. The highest BCUT2D eigenvalue weighted by atomic mass is 16.4. The molecule has 1 saturated carbocycles. The van der Waals surface area contributed by atoms with Crippen molar-refractivity contribution in [1.29, 1.82) is 0 Å². The van der Waals surface area contributed by atoms with Gasteiger partial charge >= 0.3 is 5.97 Å². The van der Waals surface area contributed by atoms with Gasteiger partial charge in [0.2, 0.25) is 5.91 Å². The lowest BCUT2D eigenvalue weighted by Gasteiger charge is -2.38. The van der Waals surface area contributed by atoms with Crippen LogP contribution in [0.2, 0.25) is 0 Å². The molecule has 0 aromatic heterocycles. The first kappa shape index (κ1) is 11.4.